The summed E-state index contributed by atoms with van der Waals surface area (Å²) in [4.78, 5) is 8.80. The number of unbranched alkanes of at least 4 members (excludes halogenated alkanes) is 1. The highest BCUT2D eigenvalue weighted by molar-refractivity contribution is 5.76. The zero-order valence-corrected chi connectivity index (χ0v) is 12.3. The number of nitrogens with zero attached hydrogens (tertiary/aromatic N) is 3. The maximum absolute atomic E-state index is 4.77. The molecule has 0 bridgehead atoms. The molecule has 2 aromatic heterocycles. The van der Waals surface area contributed by atoms with E-state index in [4.69, 9.17) is 4.98 Å². The minimum absolute atomic E-state index is 0.725. The molecule has 3 rings (SSSR count). The third kappa shape index (κ3) is 3.05. The normalized spacial score (nSPS) is 10.9. The van der Waals surface area contributed by atoms with E-state index in [-0.39, 0.29) is 0 Å². The number of hydrogen-bond acceptors (Lipinski definition) is 3. The standard InChI is InChI=1S/C17H20N4/c1-2-3-12-21-16-7-5-4-6-15(16)20-17(21)13-19-14-8-10-18-11-9-14/h4-11H,2-3,12-13H2,1H3,(H,18,19). The van der Waals surface area contributed by atoms with E-state index >= 15 is 0 Å². The van der Waals surface area contributed by atoms with Gasteiger partial charge in [-0.2, -0.15) is 0 Å². The molecule has 4 nitrogen and oxygen atoms in total. The molecule has 0 saturated heterocycles. The number of pyridine rings is 1. The Kier molecular flexibility index (Phi) is 4.15. The Hall–Kier alpha value is -2.36. The van der Waals surface area contributed by atoms with Gasteiger partial charge in [0, 0.05) is 24.6 Å². The number of imidazole rings is 1. The third-order valence-electron chi connectivity index (χ3n) is 3.60. The van der Waals surface area contributed by atoms with E-state index in [1.165, 1.54) is 18.4 Å². The van der Waals surface area contributed by atoms with Gasteiger partial charge in [0.1, 0.15) is 5.82 Å². The lowest BCUT2D eigenvalue weighted by Gasteiger charge is -2.10. The number of hydrogen-bond donors (Lipinski definition) is 1. The third-order valence-corrected chi connectivity index (χ3v) is 3.60. The summed E-state index contributed by atoms with van der Waals surface area (Å²) in [6.45, 7) is 3.96. The van der Waals surface area contributed by atoms with Crippen LogP contribution in [0.2, 0.25) is 0 Å². The molecule has 0 atom stereocenters. The highest BCUT2D eigenvalue weighted by atomic mass is 15.1. The molecule has 0 spiro atoms. The van der Waals surface area contributed by atoms with Crippen molar-refractivity contribution in [2.45, 2.75) is 32.9 Å². The number of aryl methyl sites for hydroxylation is 1. The first kappa shape index (κ1) is 13.6. The lowest BCUT2D eigenvalue weighted by Crippen LogP contribution is -2.09. The van der Waals surface area contributed by atoms with Gasteiger partial charge in [-0.15, -0.1) is 0 Å². The summed E-state index contributed by atoms with van der Waals surface area (Å²) >= 11 is 0. The van der Waals surface area contributed by atoms with Crippen LogP contribution in [0.1, 0.15) is 25.6 Å². The van der Waals surface area contributed by atoms with E-state index in [2.05, 4.69) is 40.0 Å². The molecule has 3 aromatic rings. The number of fused-ring (bicyclic) bond motifs is 1. The zero-order chi connectivity index (χ0) is 14.5. The molecule has 0 amide bonds. The van der Waals surface area contributed by atoms with Crippen molar-refractivity contribution in [1.29, 1.82) is 0 Å². The molecule has 0 radical (unpaired) electrons. The topological polar surface area (TPSA) is 42.7 Å². The lowest BCUT2D eigenvalue weighted by atomic mass is 10.3. The van der Waals surface area contributed by atoms with Gasteiger partial charge in [-0.05, 0) is 30.7 Å². The van der Waals surface area contributed by atoms with Gasteiger partial charge in [0.25, 0.3) is 0 Å². The van der Waals surface area contributed by atoms with E-state index in [0.717, 1.165) is 30.1 Å². The van der Waals surface area contributed by atoms with E-state index < -0.39 is 0 Å². The molecule has 0 unspecified atom stereocenters. The Balaban J connectivity index is 1.86. The monoisotopic (exact) mass is 280 g/mol. The highest BCUT2D eigenvalue weighted by Crippen LogP contribution is 2.18. The molecular formula is C17H20N4. The first-order chi connectivity index (χ1) is 10.4. The molecule has 0 aliphatic heterocycles. The minimum Gasteiger partial charge on any atom is -0.378 e. The fourth-order valence-corrected chi connectivity index (χ4v) is 2.48. The molecule has 4 heteroatoms. The Bertz CT molecular complexity index is 703. The Morgan fingerprint density at radius 3 is 2.71 bits per heavy atom. The van der Waals surface area contributed by atoms with Crippen molar-refractivity contribution >= 4 is 16.7 Å². The summed E-state index contributed by atoms with van der Waals surface area (Å²) in [7, 11) is 0. The largest absolute Gasteiger partial charge is 0.378 e. The molecule has 0 fully saturated rings. The van der Waals surface area contributed by atoms with Gasteiger partial charge in [0.15, 0.2) is 0 Å². The lowest BCUT2D eigenvalue weighted by molar-refractivity contribution is 0.621. The van der Waals surface area contributed by atoms with Crippen molar-refractivity contribution in [2.75, 3.05) is 5.32 Å². The van der Waals surface area contributed by atoms with E-state index in [0.29, 0.717) is 0 Å². The highest BCUT2D eigenvalue weighted by Gasteiger charge is 2.09. The van der Waals surface area contributed by atoms with Crippen molar-refractivity contribution in [1.82, 2.24) is 14.5 Å². The fraction of sp³-hybridized carbons (Fsp3) is 0.294. The molecular weight excluding hydrogens is 260 g/mol. The summed E-state index contributed by atoms with van der Waals surface area (Å²) in [5, 5.41) is 3.42. The van der Waals surface area contributed by atoms with Gasteiger partial charge in [0.05, 0.1) is 17.6 Å². The van der Waals surface area contributed by atoms with E-state index in [1.54, 1.807) is 12.4 Å². The molecule has 0 aliphatic carbocycles. The smallest absolute Gasteiger partial charge is 0.129 e. The Morgan fingerprint density at radius 2 is 1.90 bits per heavy atom. The van der Waals surface area contributed by atoms with Crippen LogP contribution in [-0.4, -0.2) is 14.5 Å². The molecule has 1 N–H and O–H groups in total. The molecule has 0 saturated carbocycles. The van der Waals surface area contributed by atoms with Gasteiger partial charge in [-0.1, -0.05) is 25.5 Å². The number of anilines is 1. The average Bonchev–Trinajstić information content (AvgIpc) is 2.89. The number of rotatable bonds is 6. The Labute approximate surface area is 124 Å². The quantitative estimate of drug-likeness (QED) is 0.746. The SMILES string of the molecule is CCCCn1c(CNc2ccncc2)nc2ccccc21. The number of aromatic nitrogens is 3. The number of para-hydroxylation sites is 2. The predicted octanol–water partition coefficient (Wildman–Crippen LogP) is 3.84. The van der Waals surface area contributed by atoms with Gasteiger partial charge in [-0.3, -0.25) is 4.98 Å². The van der Waals surface area contributed by atoms with Crippen LogP contribution in [0, 0.1) is 0 Å². The first-order valence-electron chi connectivity index (χ1n) is 7.46. The van der Waals surface area contributed by atoms with E-state index in [1.807, 2.05) is 18.2 Å². The van der Waals surface area contributed by atoms with Crippen LogP contribution >= 0.6 is 0 Å². The second-order valence-corrected chi connectivity index (χ2v) is 5.11. The van der Waals surface area contributed by atoms with Crippen LogP contribution in [0.5, 0.6) is 0 Å². The van der Waals surface area contributed by atoms with Crippen molar-refractivity contribution in [3.63, 3.8) is 0 Å². The summed E-state index contributed by atoms with van der Waals surface area (Å²) in [5.41, 5.74) is 3.36. The predicted molar refractivity (Wildman–Crippen MR) is 86.2 cm³/mol. The molecule has 21 heavy (non-hydrogen) atoms. The maximum atomic E-state index is 4.77. The second kappa shape index (κ2) is 6.39. The molecule has 108 valence electrons. The fourth-order valence-electron chi connectivity index (χ4n) is 2.48. The molecule has 2 heterocycles. The molecule has 0 aliphatic rings. The van der Waals surface area contributed by atoms with Crippen molar-refractivity contribution in [3.8, 4) is 0 Å². The average molecular weight is 280 g/mol. The van der Waals surface area contributed by atoms with Crippen molar-refractivity contribution in [2.24, 2.45) is 0 Å². The van der Waals surface area contributed by atoms with Gasteiger partial charge >= 0.3 is 0 Å². The van der Waals surface area contributed by atoms with Crippen LogP contribution in [0.3, 0.4) is 0 Å². The van der Waals surface area contributed by atoms with Crippen LogP contribution < -0.4 is 5.32 Å². The Morgan fingerprint density at radius 1 is 1.10 bits per heavy atom. The molecule has 1 aromatic carbocycles. The van der Waals surface area contributed by atoms with E-state index in [9.17, 15) is 0 Å². The van der Waals surface area contributed by atoms with Crippen LogP contribution in [0.4, 0.5) is 5.69 Å². The summed E-state index contributed by atoms with van der Waals surface area (Å²) in [5.74, 6) is 1.08. The summed E-state index contributed by atoms with van der Waals surface area (Å²) in [6, 6.07) is 12.3. The first-order valence-corrected chi connectivity index (χ1v) is 7.46. The number of benzene rings is 1. The van der Waals surface area contributed by atoms with Gasteiger partial charge in [0.2, 0.25) is 0 Å². The van der Waals surface area contributed by atoms with Crippen LogP contribution in [0.15, 0.2) is 48.8 Å². The van der Waals surface area contributed by atoms with Crippen LogP contribution in [-0.2, 0) is 13.1 Å². The minimum atomic E-state index is 0.725. The number of nitrogens with one attached hydrogen (secondary N) is 1. The summed E-state index contributed by atoms with van der Waals surface area (Å²) < 4.78 is 2.33. The second-order valence-electron chi connectivity index (χ2n) is 5.11. The van der Waals surface area contributed by atoms with Crippen LogP contribution in [0.25, 0.3) is 11.0 Å². The summed E-state index contributed by atoms with van der Waals surface area (Å²) in [6.07, 6.45) is 5.94. The maximum Gasteiger partial charge on any atom is 0.129 e. The van der Waals surface area contributed by atoms with Gasteiger partial charge in [-0.25, -0.2) is 4.98 Å². The van der Waals surface area contributed by atoms with Crippen molar-refractivity contribution < 1.29 is 0 Å². The zero-order valence-electron chi connectivity index (χ0n) is 12.3. The van der Waals surface area contributed by atoms with Gasteiger partial charge < -0.3 is 9.88 Å². The van der Waals surface area contributed by atoms with Crippen molar-refractivity contribution in [3.05, 3.63) is 54.6 Å².